The lowest BCUT2D eigenvalue weighted by atomic mass is 9.75. The maximum Gasteiger partial charge on any atom is 0.166 e. The van der Waals surface area contributed by atoms with Gasteiger partial charge in [-0.2, -0.15) is 0 Å². The van der Waals surface area contributed by atoms with Crippen LogP contribution in [0.3, 0.4) is 0 Å². The van der Waals surface area contributed by atoms with Gasteiger partial charge < -0.3 is 4.74 Å². The Morgan fingerprint density at radius 2 is 1.60 bits per heavy atom. The Morgan fingerprint density at radius 3 is 2.26 bits per heavy atom. The van der Waals surface area contributed by atoms with Crippen LogP contribution in [0.4, 0.5) is 13.2 Å². The molecule has 5 rings (SSSR count). The Kier molecular flexibility index (Phi) is 7.48. The lowest BCUT2D eigenvalue weighted by molar-refractivity contribution is 0.258. The molecule has 1 aliphatic heterocycles. The van der Waals surface area contributed by atoms with Gasteiger partial charge in [0.15, 0.2) is 11.6 Å². The van der Waals surface area contributed by atoms with E-state index in [0.717, 1.165) is 56.9 Å². The van der Waals surface area contributed by atoms with Crippen molar-refractivity contribution >= 4 is 6.08 Å². The zero-order valence-corrected chi connectivity index (χ0v) is 20.5. The summed E-state index contributed by atoms with van der Waals surface area (Å²) in [6.07, 6.45) is 13.7. The third-order valence-electron chi connectivity index (χ3n) is 8.33. The van der Waals surface area contributed by atoms with Crippen molar-refractivity contribution in [3.63, 3.8) is 0 Å². The van der Waals surface area contributed by atoms with Crippen molar-refractivity contribution in [3.05, 3.63) is 77.1 Å². The molecule has 3 unspecified atom stereocenters. The summed E-state index contributed by atoms with van der Waals surface area (Å²) in [5.41, 5.74) is 2.55. The largest absolute Gasteiger partial charge is 0.372 e. The van der Waals surface area contributed by atoms with Crippen LogP contribution >= 0.6 is 0 Å². The number of epoxide rings is 1. The maximum atomic E-state index is 15.1. The van der Waals surface area contributed by atoms with Crippen LogP contribution in [0.15, 0.2) is 54.4 Å². The molecule has 1 saturated heterocycles. The van der Waals surface area contributed by atoms with Gasteiger partial charge in [-0.25, -0.2) is 13.2 Å². The van der Waals surface area contributed by atoms with Crippen molar-refractivity contribution in [1.82, 2.24) is 0 Å². The van der Waals surface area contributed by atoms with Crippen LogP contribution in [0.2, 0.25) is 0 Å². The van der Waals surface area contributed by atoms with Gasteiger partial charge in [-0.15, -0.1) is 0 Å². The van der Waals surface area contributed by atoms with Gasteiger partial charge in [0.1, 0.15) is 5.83 Å². The fourth-order valence-electron chi connectivity index (χ4n) is 6.12. The van der Waals surface area contributed by atoms with Crippen LogP contribution in [-0.4, -0.2) is 12.7 Å². The summed E-state index contributed by atoms with van der Waals surface area (Å²) in [5.74, 6) is -0.435. The minimum Gasteiger partial charge on any atom is -0.372 e. The van der Waals surface area contributed by atoms with E-state index in [9.17, 15) is 4.39 Å². The Morgan fingerprint density at radius 1 is 0.857 bits per heavy atom. The summed E-state index contributed by atoms with van der Waals surface area (Å²) < 4.78 is 49.8. The smallest absolute Gasteiger partial charge is 0.166 e. The fourth-order valence-corrected chi connectivity index (χ4v) is 6.12. The molecular formula is C31H35F3O. The lowest BCUT2D eigenvalue weighted by Gasteiger charge is -2.31. The van der Waals surface area contributed by atoms with E-state index in [1.165, 1.54) is 0 Å². The summed E-state index contributed by atoms with van der Waals surface area (Å²) in [6.45, 7) is 2.65. The molecular weight excluding hydrogens is 445 g/mol. The predicted molar refractivity (Wildman–Crippen MR) is 136 cm³/mol. The molecule has 3 atom stereocenters. The minimum absolute atomic E-state index is 0.0130. The first-order chi connectivity index (χ1) is 17.0. The van der Waals surface area contributed by atoms with Crippen LogP contribution < -0.4 is 0 Å². The van der Waals surface area contributed by atoms with Crippen molar-refractivity contribution in [2.24, 2.45) is 17.8 Å². The first kappa shape index (κ1) is 24.4. The van der Waals surface area contributed by atoms with Gasteiger partial charge in [-0.1, -0.05) is 48.6 Å². The fraction of sp³-hybridized carbons (Fsp3) is 0.484. The molecule has 2 fully saturated rings. The number of benzene rings is 2. The quantitative estimate of drug-likeness (QED) is 0.360. The molecule has 0 aromatic heterocycles. The topological polar surface area (TPSA) is 12.5 Å². The molecule has 2 aromatic carbocycles. The number of hydrogen-bond acceptors (Lipinski definition) is 1. The first-order valence-corrected chi connectivity index (χ1v) is 13.2. The van der Waals surface area contributed by atoms with Gasteiger partial charge in [-0.05, 0) is 98.8 Å². The van der Waals surface area contributed by atoms with Crippen molar-refractivity contribution in [3.8, 4) is 11.1 Å². The van der Waals surface area contributed by atoms with Crippen LogP contribution in [0.5, 0.6) is 0 Å². The summed E-state index contributed by atoms with van der Waals surface area (Å²) in [5, 5.41) is 0. The first-order valence-electron chi connectivity index (χ1n) is 13.2. The maximum absolute atomic E-state index is 15.1. The highest BCUT2D eigenvalue weighted by molar-refractivity contribution is 5.67. The second-order valence-electron chi connectivity index (χ2n) is 10.6. The Balaban J connectivity index is 1.16. The zero-order valence-electron chi connectivity index (χ0n) is 20.5. The second-order valence-corrected chi connectivity index (χ2v) is 10.6. The van der Waals surface area contributed by atoms with Gasteiger partial charge in [0.2, 0.25) is 0 Å². The number of allylic oxidation sites excluding steroid dienone is 2. The number of ether oxygens (including phenoxy) is 1. The SMILES string of the molecule is C/C=C/c1ccc(-c2ccc(C3CCC(CCC4C=C(F)C(C5CO5)CC4)CC3)c(F)c2F)cc1. The standard InChI is InChI=1S/C31H35F3O/c1-2-3-20-6-11-23(12-7-20)25-16-17-26(31(34)30(25)33)24-13-8-21(9-14-24)4-5-22-10-15-27(28(32)18-22)29-19-35-29/h2-3,6-7,11-12,16-18,21-22,24,27,29H,4-5,8-10,13-15,19H2,1H3/b3-2+. The third-order valence-corrected chi connectivity index (χ3v) is 8.33. The highest BCUT2D eigenvalue weighted by Crippen LogP contribution is 2.42. The van der Waals surface area contributed by atoms with Gasteiger partial charge >= 0.3 is 0 Å². The van der Waals surface area contributed by atoms with Gasteiger partial charge in [0, 0.05) is 11.5 Å². The van der Waals surface area contributed by atoms with E-state index < -0.39 is 11.6 Å². The predicted octanol–water partition coefficient (Wildman–Crippen LogP) is 9.00. The minimum atomic E-state index is -0.746. The summed E-state index contributed by atoms with van der Waals surface area (Å²) >= 11 is 0. The van der Waals surface area contributed by atoms with Crippen LogP contribution in [0.1, 0.15) is 75.3 Å². The molecule has 1 saturated carbocycles. The van der Waals surface area contributed by atoms with E-state index in [1.54, 1.807) is 12.1 Å². The Bertz CT molecular complexity index is 1080. The monoisotopic (exact) mass is 480 g/mol. The van der Waals surface area contributed by atoms with E-state index in [0.29, 0.717) is 35.1 Å². The van der Waals surface area contributed by atoms with E-state index in [4.69, 9.17) is 4.74 Å². The zero-order chi connectivity index (χ0) is 24.4. The van der Waals surface area contributed by atoms with Crippen LogP contribution in [0.25, 0.3) is 17.2 Å². The van der Waals surface area contributed by atoms with E-state index in [2.05, 4.69) is 0 Å². The second kappa shape index (κ2) is 10.7. The van der Waals surface area contributed by atoms with E-state index >= 15 is 8.78 Å². The van der Waals surface area contributed by atoms with E-state index in [-0.39, 0.29) is 23.8 Å². The lowest BCUT2D eigenvalue weighted by Crippen LogP contribution is -2.19. The number of rotatable bonds is 7. The van der Waals surface area contributed by atoms with Crippen molar-refractivity contribution in [1.29, 1.82) is 0 Å². The molecule has 0 radical (unpaired) electrons. The Labute approximate surface area is 207 Å². The molecule has 186 valence electrons. The van der Waals surface area contributed by atoms with Gasteiger partial charge in [-0.3, -0.25) is 0 Å². The molecule has 0 amide bonds. The normalized spacial score (nSPS) is 28.8. The molecule has 35 heavy (non-hydrogen) atoms. The summed E-state index contributed by atoms with van der Waals surface area (Å²) in [6, 6.07) is 11.0. The summed E-state index contributed by atoms with van der Waals surface area (Å²) in [4.78, 5) is 0. The van der Waals surface area contributed by atoms with E-state index in [1.807, 2.05) is 49.4 Å². The molecule has 2 aromatic rings. The van der Waals surface area contributed by atoms with Gasteiger partial charge in [0.25, 0.3) is 0 Å². The summed E-state index contributed by atoms with van der Waals surface area (Å²) in [7, 11) is 0. The van der Waals surface area contributed by atoms with Crippen molar-refractivity contribution in [2.45, 2.75) is 70.3 Å². The average Bonchev–Trinajstić information content (AvgIpc) is 3.71. The highest BCUT2D eigenvalue weighted by Gasteiger charge is 2.38. The molecule has 0 bridgehead atoms. The average molecular weight is 481 g/mol. The molecule has 1 nitrogen and oxygen atoms in total. The van der Waals surface area contributed by atoms with Crippen molar-refractivity contribution < 1.29 is 17.9 Å². The molecule has 2 aliphatic carbocycles. The van der Waals surface area contributed by atoms with Crippen LogP contribution in [0, 0.1) is 29.4 Å². The van der Waals surface area contributed by atoms with Crippen LogP contribution in [-0.2, 0) is 4.74 Å². The van der Waals surface area contributed by atoms with Crippen molar-refractivity contribution in [2.75, 3.05) is 6.61 Å². The number of halogens is 3. The Hall–Kier alpha value is -2.33. The third kappa shape index (κ3) is 5.58. The molecule has 0 N–H and O–H groups in total. The number of hydrogen-bond donors (Lipinski definition) is 0. The highest BCUT2D eigenvalue weighted by atomic mass is 19.2. The molecule has 1 heterocycles. The van der Waals surface area contributed by atoms with Gasteiger partial charge in [0.05, 0.1) is 12.7 Å². The molecule has 4 heteroatoms. The molecule has 3 aliphatic rings. The molecule has 0 spiro atoms.